The topological polar surface area (TPSA) is 46.6 Å². The van der Waals surface area contributed by atoms with E-state index in [1.165, 1.54) is 19.3 Å². The first kappa shape index (κ1) is 12.9. The number of unbranched alkanes of at least 4 members (excludes halogenated alkanes) is 2. The van der Waals surface area contributed by atoms with Gasteiger partial charge in [0.05, 0.1) is 5.69 Å². The fraction of sp³-hybridized carbons (Fsp3) is 0.500. The SMILES string of the molecule is CCCCCN(C)c1nc2ccccn2c1CN. The molecule has 2 N–H and O–H groups in total. The number of anilines is 1. The minimum absolute atomic E-state index is 0.513. The molecule has 4 heteroatoms. The molecule has 0 aromatic carbocycles. The molecule has 2 rings (SSSR count). The number of imidazole rings is 1. The van der Waals surface area contributed by atoms with Crippen molar-refractivity contribution in [1.82, 2.24) is 9.38 Å². The van der Waals surface area contributed by atoms with Crippen LogP contribution in [0.25, 0.3) is 5.65 Å². The smallest absolute Gasteiger partial charge is 0.152 e. The van der Waals surface area contributed by atoms with Crippen LogP contribution in [0.15, 0.2) is 24.4 Å². The zero-order valence-electron chi connectivity index (χ0n) is 11.3. The lowest BCUT2D eigenvalue weighted by molar-refractivity contribution is 0.700. The second-order valence-electron chi connectivity index (χ2n) is 4.64. The van der Waals surface area contributed by atoms with Crippen LogP contribution >= 0.6 is 0 Å². The van der Waals surface area contributed by atoms with Gasteiger partial charge in [0.2, 0.25) is 0 Å². The van der Waals surface area contributed by atoms with E-state index in [0.29, 0.717) is 6.54 Å². The Hall–Kier alpha value is -1.55. The number of hydrogen-bond acceptors (Lipinski definition) is 3. The predicted octanol–water partition coefficient (Wildman–Crippen LogP) is 2.42. The maximum absolute atomic E-state index is 5.87. The highest BCUT2D eigenvalue weighted by Gasteiger charge is 2.13. The summed E-state index contributed by atoms with van der Waals surface area (Å²) in [7, 11) is 2.09. The van der Waals surface area contributed by atoms with Crippen molar-refractivity contribution in [3.05, 3.63) is 30.1 Å². The van der Waals surface area contributed by atoms with Crippen molar-refractivity contribution < 1.29 is 0 Å². The number of nitrogens with zero attached hydrogens (tertiary/aromatic N) is 3. The number of nitrogens with two attached hydrogens (primary N) is 1. The van der Waals surface area contributed by atoms with E-state index in [1.54, 1.807) is 0 Å². The zero-order valence-corrected chi connectivity index (χ0v) is 11.3. The third kappa shape index (κ3) is 2.48. The number of aromatic nitrogens is 2. The largest absolute Gasteiger partial charge is 0.358 e. The third-order valence-corrected chi connectivity index (χ3v) is 3.26. The molecule has 98 valence electrons. The molecule has 0 fully saturated rings. The Bertz CT molecular complexity index is 503. The Morgan fingerprint density at radius 3 is 2.89 bits per heavy atom. The first-order chi connectivity index (χ1) is 8.77. The van der Waals surface area contributed by atoms with E-state index >= 15 is 0 Å². The molecule has 0 aliphatic rings. The molecular formula is C14H22N4. The molecule has 2 aromatic heterocycles. The monoisotopic (exact) mass is 246 g/mol. The maximum atomic E-state index is 5.87. The van der Waals surface area contributed by atoms with Crippen LogP contribution in [0.1, 0.15) is 31.9 Å². The van der Waals surface area contributed by atoms with Crippen molar-refractivity contribution in [2.45, 2.75) is 32.7 Å². The van der Waals surface area contributed by atoms with Crippen molar-refractivity contribution in [2.24, 2.45) is 5.73 Å². The van der Waals surface area contributed by atoms with Crippen molar-refractivity contribution >= 4 is 11.5 Å². The number of fused-ring (bicyclic) bond motifs is 1. The number of pyridine rings is 1. The Labute approximate surface area is 108 Å². The van der Waals surface area contributed by atoms with Gasteiger partial charge in [-0.15, -0.1) is 0 Å². The normalized spacial score (nSPS) is 11.1. The molecule has 0 spiro atoms. The number of rotatable bonds is 6. The summed E-state index contributed by atoms with van der Waals surface area (Å²) in [5, 5.41) is 0. The first-order valence-electron chi connectivity index (χ1n) is 6.65. The van der Waals surface area contributed by atoms with E-state index in [-0.39, 0.29) is 0 Å². The van der Waals surface area contributed by atoms with Gasteiger partial charge in [-0.1, -0.05) is 25.8 Å². The van der Waals surface area contributed by atoms with Gasteiger partial charge in [0.25, 0.3) is 0 Å². The molecular weight excluding hydrogens is 224 g/mol. The first-order valence-corrected chi connectivity index (χ1v) is 6.65. The summed E-state index contributed by atoms with van der Waals surface area (Å²) in [6.45, 7) is 3.76. The molecule has 2 heterocycles. The van der Waals surface area contributed by atoms with Crippen molar-refractivity contribution in [3.8, 4) is 0 Å². The van der Waals surface area contributed by atoms with E-state index in [1.807, 2.05) is 24.4 Å². The maximum Gasteiger partial charge on any atom is 0.152 e. The summed E-state index contributed by atoms with van der Waals surface area (Å²) in [6, 6.07) is 6.03. The fourth-order valence-corrected chi connectivity index (χ4v) is 2.23. The van der Waals surface area contributed by atoms with Crippen LogP contribution in [-0.4, -0.2) is 23.0 Å². The van der Waals surface area contributed by atoms with Gasteiger partial charge in [-0.05, 0) is 18.6 Å². The third-order valence-electron chi connectivity index (χ3n) is 3.26. The lowest BCUT2D eigenvalue weighted by Gasteiger charge is -2.17. The molecule has 0 aliphatic carbocycles. The summed E-state index contributed by atoms with van der Waals surface area (Å²) in [5.74, 6) is 1.01. The van der Waals surface area contributed by atoms with E-state index in [2.05, 4.69) is 28.3 Å². The minimum Gasteiger partial charge on any atom is -0.358 e. The van der Waals surface area contributed by atoms with Gasteiger partial charge in [-0.2, -0.15) is 0 Å². The Balaban J connectivity index is 2.26. The van der Waals surface area contributed by atoms with Gasteiger partial charge >= 0.3 is 0 Å². The second kappa shape index (κ2) is 5.87. The molecule has 4 nitrogen and oxygen atoms in total. The van der Waals surface area contributed by atoms with Gasteiger partial charge in [0.1, 0.15) is 5.65 Å². The lowest BCUT2D eigenvalue weighted by atomic mass is 10.2. The van der Waals surface area contributed by atoms with Crippen LogP contribution in [0.4, 0.5) is 5.82 Å². The van der Waals surface area contributed by atoms with Crippen molar-refractivity contribution in [2.75, 3.05) is 18.5 Å². The van der Waals surface area contributed by atoms with Crippen molar-refractivity contribution in [1.29, 1.82) is 0 Å². The van der Waals surface area contributed by atoms with Crippen LogP contribution in [-0.2, 0) is 6.54 Å². The van der Waals surface area contributed by atoms with E-state index < -0.39 is 0 Å². The second-order valence-corrected chi connectivity index (χ2v) is 4.64. The van der Waals surface area contributed by atoms with Crippen LogP contribution in [0, 0.1) is 0 Å². The molecule has 2 aromatic rings. The average Bonchev–Trinajstić information content (AvgIpc) is 2.77. The minimum atomic E-state index is 0.513. The van der Waals surface area contributed by atoms with Gasteiger partial charge < -0.3 is 15.0 Å². The summed E-state index contributed by atoms with van der Waals surface area (Å²) < 4.78 is 2.08. The van der Waals surface area contributed by atoms with Crippen LogP contribution in [0.3, 0.4) is 0 Å². The van der Waals surface area contributed by atoms with Gasteiger partial charge in [0, 0.05) is 26.3 Å². The Morgan fingerprint density at radius 2 is 2.17 bits per heavy atom. The standard InChI is InChI=1S/C14H22N4/c1-3-4-6-9-17(2)14-12(11-15)18-10-7-5-8-13(18)16-14/h5,7-8,10H,3-4,6,9,11,15H2,1-2H3. The van der Waals surface area contributed by atoms with Crippen LogP contribution in [0.5, 0.6) is 0 Å². The molecule has 0 saturated heterocycles. The molecule has 0 saturated carbocycles. The molecule has 0 unspecified atom stereocenters. The average molecular weight is 246 g/mol. The number of hydrogen-bond donors (Lipinski definition) is 1. The summed E-state index contributed by atoms with van der Waals surface area (Å²) >= 11 is 0. The fourth-order valence-electron chi connectivity index (χ4n) is 2.23. The summed E-state index contributed by atoms with van der Waals surface area (Å²) in [6.07, 6.45) is 5.72. The highest BCUT2D eigenvalue weighted by atomic mass is 15.2. The molecule has 0 radical (unpaired) electrons. The van der Waals surface area contributed by atoms with Gasteiger partial charge in [-0.25, -0.2) is 4.98 Å². The molecule has 18 heavy (non-hydrogen) atoms. The Kier molecular flexibility index (Phi) is 4.20. The highest BCUT2D eigenvalue weighted by molar-refractivity contribution is 5.55. The predicted molar refractivity (Wildman–Crippen MR) is 75.9 cm³/mol. The quantitative estimate of drug-likeness (QED) is 0.796. The van der Waals surface area contributed by atoms with Crippen LogP contribution in [0.2, 0.25) is 0 Å². The molecule has 0 amide bonds. The highest BCUT2D eigenvalue weighted by Crippen LogP contribution is 2.20. The van der Waals surface area contributed by atoms with E-state index in [9.17, 15) is 0 Å². The van der Waals surface area contributed by atoms with Gasteiger partial charge in [-0.3, -0.25) is 0 Å². The summed E-state index contributed by atoms with van der Waals surface area (Å²) in [5.41, 5.74) is 7.92. The zero-order chi connectivity index (χ0) is 13.0. The van der Waals surface area contributed by atoms with Gasteiger partial charge in [0.15, 0.2) is 5.82 Å². The lowest BCUT2D eigenvalue weighted by Crippen LogP contribution is -2.21. The summed E-state index contributed by atoms with van der Waals surface area (Å²) in [4.78, 5) is 6.88. The molecule has 0 bridgehead atoms. The van der Waals surface area contributed by atoms with Crippen LogP contribution < -0.4 is 10.6 Å². The Morgan fingerprint density at radius 1 is 1.33 bits per heavy atom. The molecule has 0 aliphatic heterocycles. The molecule has 0 atom stereocenters. The van der Waals surface area contributed by atoms with E-state index in [4.69, 9.17) is 5.73 Å². The van der Waals surface area contributed by atoms with Crippen molar-refractivity contribution in [3.63, 3.8) is 0 Å². The van der Waals surface area contributed by atoms with E-state index in [0.717, 1.165) is 23.7 Å².